The lowest BCUT2D eigenvalue weighted by Crippen LogP contribution is -2.26. The van der Waals surface area contributed by atoms with Gasteiger partial charge in [0, 0.05) is 5.02 Å². The summed E-state index contributed by atoms with van der Waals surface area (Å²) in [6.07, 6.45) is 0. The number of nitrogens with two attached hydrogens (primary N) is 1. The molecule has 4 nitrogen and oxygen atoms in total. The summed E-state index contributed by atoms with van der Waals surface area (Å²) in [4.78, 5) is 0. The lowest BCUT2D eigenvalue weighted by Gasteiger charge is -2.01. The van der Waals surface area contributed by atoms with Crippen LogP contribution in [0.4, 0.5) is 0 Å². The molecule has 0 bridgehead atoms. The molecule has 1 rings (SSSR count). The van der Waals surface area contributed by atoms with Gasteiger partial charge in [0.2, 0.25) is 5.96 Å². The van der Waals surface area contributed by atoms with Crippen LogP contribution in [0.3, 0.4) is 0 Å². The predicted octanol–water partition coefficient (Wildman–Crippen LogP) is 1.97. The second-order valence-corrected chi connectivity index (χ2v) is 3.17. The van der Waals surface area contributed by atoms with E-state index in [2.05, 4.69) is 10.5 Å². The van der Waals surface area contributed by atoms with Crippen LogP contribution >= 0.6 is 24.0 Å². The molecule has 0 aromatic heterocycles. The Morgan fingerprint density at radius 2 is 1.93 bits per heavy atom. The van der Waals surface area contributed by atoms with Crippen molar-refractivity contribution in [1.82, 2.24) is 5.43 Å². The fraction of sp³-hybridized carbons (Fsp3) is 0.111. The molecule has 0 aliphatic rings. The molecule has 0 heterocycles. The maximum Gasteiger partial charge on any atom is 0.206 e. The van der Waals surface area contributed by atoms with E-state index in [0.717, 1.165) is 11.3 Å². The van der Waals surface area contributed by atoms with Crippen LogP contribution in [0, 0.1) is 5.41 Å². The lowest BCUT2D eigenvalue weighted by molar-refractivity contribution is 0.992. The van der Waals surface area contributed by atoms with Gasteiger partial charge in [0.05, 0.1) is 5.71 Å². The highest BCUT2D eigenvalue weighted by atomic mass is 35.5. The van der Waals surface area contributed by atoms with E-state index in [0.29, 0.717) is 5.02 Å². The maximum atomic E-state index is 6.92. The SMILES string of the molecule is C/C(=N\NC(=N)N)c1ccc(Cl)cc1.Cl. The average molecular weight is 247 g/mol. The first-order valence-corrected chi connectivity index (χ1v) is 4.37. The van der Waals surface area contributed by atoms with E-state index in [1.807, 2.05) is 19.1 Å². The molecule has 0 saturated heterocycles. The van der Waals surface area contributed by atoms with E-state index in [1.54, 1.807) is 12.1 Å². The zero-order chi connectivity index (χ0) is 10.6. The Balaban J connectivity index is 0.00000196. The fourth-order valence-electron chi connectivity index (χ4n) is 0.900. The maximum absolute atomic E-state index is 6.92. The Hall–Kier alpha value is -1.26. The molecule has 1 aromatic rings. The molecule has 0 aliphatic heterocycles. The molecule has 0 saturated carbocycles. The third-order valence-corrected chi connectivity index (χ3v) is 1.86. The second kappa shape index (κ2) is 6.27. The van der Waals surface area contributed by atoms with Crippen molar-refractivity contribution < 1.29 is 0 Å². The number of hydrogen-bond donors (Lipinski definition) is 3. The minimum atomic E-state index is -0.182. The Morgan fingerprint density at radius 3 is 2.40 bits per heavy atom. The number of guanidine groups is 1. The summed E-state index contributed by atoms with van der Waals surface area (Å²) >= 11 is 5.73. The van der Waals surface area contributed by atoms with Crippen LogP contribution in [0.1, 0.15) is 12.5 Å². The number of rotatable bonds is 2. The average Bonchev–Trinajstić information content (AvgIpc) is 2.15. The molecule has 0 atom stereocenters. The van der Waals surface area contributed by atoms with Crippen molar-refractivity contribution >= 4 is 35.7 Å². The number of hydrogen-bond acceptors (Lipinski definition) is 2. The minimum Gasteiger partial charge on any atom is -0.369 e. The van der Waals surface area contributed by atoms with E-state index < -0.39 is 0 Å². The Kier molecular flexibility index (Phi) is 5.74. The van der Waals surface area contributed by atoms with Gasteiger partial charge < -0.3 is 5.73 Å². The predicted molar refractivity (Wildman–Crippen MR) is 66.0 cm³/mol. The van der Waals surface area contributed by atoms with Gasteiger partial charge in [-0.05, 0) is 24.6 Å². The molecule has 0 amide bonds. The first-order valence-electron chi connectivity index (χ1n) is 4.00. The van der Waals surface area contributed by atoms with Crippen LogP contribution in [0.5, 0.6) is 0 Å². The van der Waals surface area contributed by atoms with Crippen LogP contribution < -0.4 is 11.2 Å². The van der Waals surface area contributed by atoms with Gasteiger partial charge in [-0.1, -0.05) is 23.7 Å². The number of hydrazone groups is 1. The third kappa shape index (κ3) is 4.67. The quantitative estimate of drug-likeness (QED) is 0.424. The molecule has 1 aromatic carbocycles. The van der Waals surface area contributed by atoms with E-state index in [9.17, 15) is 0 Å². The van der Waals surface area contributed by atoms with Gasteiger partial charge >= 0.3 is 0 Å². The van der Waals surface area contributed by atoms with Gasteiger partial charge in [-0.3, -0.25) is 5.41 Å². The molecule has 0 unspecified atom stereocenters. The van der Waals surface area contributed by atoms with E-state index in [1.165, 1.54) is 0 Å². The molecular weight excluding hydrogens is 235 g/mol. The van der Waals surface area contributed by atoms with Gasteiger partial charge in [0.1, 0.15) is 0 Å². The first kappa shape index (κ1) is 13.7. The number of halogens is 2. The molecule has 15 heavy (non-hydrogen) atoms. The highest BCUT2D eigenvalue weighted by molar-refractivity contribution is 6.30. The van der Waals surface area contributed by atoms with E-state index in [4.69, 9.17) is 22.7 Å². The van der Waals surface area contributed by atoms with E-state index >= 15 is 0 Å². The summed E-state index contributed by atoms with van der Waals surface area (Å²) in [6, 6.07) is 7.26. The lowest BCUT2D eigenvalue weighted by atomic mass is 10.1. The largest absolute Gasteiger partial charge is 0.369 e. The summed E-state index contributed by atoms with van der Waals surface area (Å²) in [5.74, 6) is -0.182. The molecule has 6 heteroatoms. The zero-order valence-electron chi connectivity index (χ0n) is 8.12. The molecular formula is C9H12Cl2N4. The monoisotopic (exact) mass is 246 g/mol. The number of nitrogens with one attached hydrogen (secondary N) is 2. The van der Waals surface area contributed by atoms with Crippen molar-refractivity contribution in [3.05, 3.63) is 34.9 Å². The normalized spacial score (nSPS) is 10.4. The molecule has 0 aliphatic carbocycles. The van der Waals surface area contributed by atoms with Crippen LogP contribution in [-0.2, 0) is 0 Å². The Morgan fingerprint density at radius 1 is 1.40 bits per heavy atom. The summed E-state index contributed by atoms with van der Waals surface area (Å²) < 4.78 is 0. The van der Waals surface area contributed by atoms with Crippen molar-refractivity contribution in [2.45, 2.75) is 6.92 Å². The highest BCUT2D eigenvalue weighted by Gasteiger charge is 1.96. The molecule has 0 radical (unpaired) electrons. The minimum absolute atomic E-state index is 0. The Labute approximate surface area is 99.4 Å². The molecule has 82 valence electrons. The van der Waals surface area contributed by atoms with Gasteiger partial charge in [0.15, 0.2) is 0 Å². The van der Waals surface area contributed by atoms with Gasteiger partial charge in [-0.25, -0.2) is 5.43 Å². The van der Waals surface area contributed by atoms with Gasteiger partial charge in [-0.15, -0.1) is 12.4 Å². The fourth-order valence-corrected chi connectivity index (χ4v) is 1.03. The number of nitrogens with zero attached hydrogens (tertiary/aromatic N) is 1. The summed E-state index contributed by atoms with van der Waals surface area (Å²) in [5.41, 5.74) is 9.14. The van der Waals surface area contributed by atoms with Crippen molar-refractivity contribution in [2.24, 2.45) is 10.8 Å². The smallest absolute Gasteiger partial charge is 0.206 e. The molecule has 0 fully saturated rings. The Bertz CT molecular complexity index is 359. The summed E-state index contributed by atoms with van der Waals surface area (Å²) in [6.45, 7) is 1.82. The van der Waals surface area contributed by atoms with Crippen LogP contribution in [0.25, 0.3) is 0 Å². The van der Waals surface area contributed by atoms with Crippen molar-refractivity contribution in [3.63, 3.8) is 0 Å². The van der Waals surface area contributed by atoms with Gasteiger partial charge in [-0.2, -0.15) is 5.10 Å². The van der Waals surface area contributed by atoms with E-state index in [-0.39, 0.29) is 18.4 Å². The van der Waals surface area contributed by atoms with Crippen LogP contribution in [0.2, 0.25) is 5.02 Å². The topological polar surface area (TPSA) is 74.3 Å². The van der Waals surface area contributed by atoms with Gasteiger partial charge in [0.25, 0.3) is 0 Å². The van der Waals surface area contributed by atoms with Crippen molar-refractivity contribution in [2.75, 3.05) is 0 Å². The third-order valence-electron chi connectivity index (χ3n) is 1.61. The van der Waals surface area contributed by atoms with Crippen molar-refractivity contribution in [1.29, 1.82) is 5.41 Å². The zero-order valence-corrected chi connectivity index (χ0v) is 9.69. The summed E-state index contributed by atoms with van der Waals surface area (Å²) in [7, 11) is 0. The number of benzene rings is 1. The van der Waals surface area contributed by atoms with Crippen LogP contribution in [-0.4, -0.2) is 11.7 Å². The van der Waals surface area contributed by atoms with Crippen LogP contribution in [0.15, 0.2) is 29.4 Å². The van der Waals surface area contributed by atoms with Crippen molar-refractivity contribution in [3.8, 4) is 0 Å². The molecule has 0 spiro atoms. The molecule has 4 N–H and O–H groups in total. The standard InChI is InChI=1S/C9H11ClN4.ClH/c1-6(13-14-9(11)12)7-2-4-8(10)5-3-7;/h2-5H,1H3,(H4,11,12,14);1H/b13-6+;. The second-order valence-electron chi connectivity index (χ2n) is 2.73. The highest BCUT2D eigenvalue weighted by Crippen LogP contribution is 2.09. The summed E-state index contributed by atoms with van der Waals surface area (Å²) in [5, 5.41) is 11.5. The first-order chi connectivity index (χ1) is 6.59.